The predicted octanol–water partition coefficient (Wildman–Crippen LogP) is 1.72. The van der Waals surface area contributed by atoms with Crippen molar-refractivity contribution in [1.29, 1.82) is 0 Å². The van der Waals surface area contributed by atoms with Crippen LogP contribution in [0.3, 0.4) is 0 Å². The zero-order valence-corrected chi connectivity index (χ0v) is 13.7. The molecule has 7 heteroatoms. The largest absolute Gasteiger partial charge is 0.493 e. The van der Waals surface area contributed by atoms with Gasteiger partial charge in [0.2, 0.25) is 5.75 Å². The Balaban J connectivity index is 3.59. The summed E-state index contributed by atoms with van der Waals surface area (Å²) >= 11 is 0. The summed E-state index contributed by atoms with van der Waals surface area (Å²) in [5, 5.41) is 0. The van der Waals surface area contributed by atoms with E-state index in [9.17, 15) is 4.79 Å². The number of esters is 1. The molecule has 0 heterocycles. The van der Waals surface area contributed by atoms with Gasteiger partial charge in [0.1, 0.15) is 0 Å². The smallest absolute Gasteiger partial charge is 0.372 e. The first kappa shape index (κ1) is 18.1. The van der Waals surface area contributed by atoms with Crippen molar-refractivity contribution in [2.24, 2.45) is 0 Å². The fraction of sp³-hybridized carbons (Fsp3) is 0.533. The van der Waals surface area contributed by atoms with E-state index < -0.39 is 11.8 Å². The molecule has 1 aromatic carbocycles. The quantitative estimate of drug-likeness (QED) is 0.534. The van der Waals surface area contributed by atoms with Crippen LogP contribution < -0.4 is 14.2 Å². The molecule has 22 heavy (non-hydrogen) atoms. The van der Waals surface area contributed by atoms with Crippen LogP contribution in [-0.4, -0.2) is 48.1 Å². The first-order valence-electron chi connectivity index (χ1n) is 6.63. The third kappa shape index (κ3) is 2.95. The van der Waals surface area contributed by atoms with E-state index >= 15 is 0 Å². The van der Waals surface area contributed by atoms with Crippen molar-refractivity contribution in [1.82, 2.24) is 0 Å². The summed E-state index contributed by atoms with van der Waals surface area (Å²) in [5.74, 6) is -1.41. The van der Waals surface area contributed by atoms with Gasteiger partial charge in [0.25, 0.3) is 5.79 Å². The van der Waals surface area contributed by atoms with Gasteiger partial charge in [-0.05, 0) is 19.1 Å². The van der Waals surface area contributed by atoms with Gasteiger partial charge in [-0.1, -0.05) is 0 Å². The Labute approximate surface area is 130 Å². The van der Waals surface area contributed by atoms with Crippen LogP contribution in [0.25, 0.3) is 0 Å². The summed E-state index contributed by atoms with van der Waals surface area (Å²) < 4.78 is 31.6. The van der Waals surface area contributed by atoms with Gasteiger partial charge in [0.05, 0.1) is 33.5 Å². The van der Waals surface area contributed by atoms with Gasteiger partial charge in [-0.15, -0.1) is 0 Å². The maximum atomic E-state index is 12.4. The van der Waals surface area contributed by atoms with E-state index in [0.29, 0.717) is 17.1 Å². The number of hydrogen-bond donors (Lipinski definition) is 0. The van der Waals surface area contributed by atoms with Gasteiger partial charge in [0, 0.05) is 14.2 Å². The molecular weight excluding hydrogens is 292 g/mol. The standard InChI is InChI=1S/C15H22O7/c1-7-22-14(16)15(20-5,21-6)10-8-9-11(17-2)13(19-4)12(10)18-3/h8-9H,7H2,1-6H3. The molecule has 0 N–H and O–H groups in total. The Morgan fingerprint density at radius 2 is 1.55 bits per heavy atom. The molecule has 7 nitrogen and oxygen atoms in total. The van der Waals surface area contributed by atoms with Crippen molar-refractivity contribution in [3.05, 3.63) is 17.7 Å². The molecule has 1 aromatic rings. The second kappa shape index (κ2) is 7.86. The molecule has 0 aromatic heterocycles. The van der Waals surface area contributed by atoms with Gasteiger partial charge in [-0.3, -0.25) is 0 Å². The first-order valence-corrected chi connectivity index (χ1v) is 6.63. The Morgan fingerprint density at radius 1 is 0.955 bits per heavy atom. The molecule has 0 bridgehead atoms. The molecule has 0 saturated carbocycles. The van der Waals surface area contributed by atoms with Crippen LogP contribution in [0.15, 0.2) is 12.1 Å². The van der Waals surface area contributed by atoms with Crippen LogP contribution in [-0.2, 0) is 24.8 Å². The lowest BCUT2D eigenvalue weighted by atomic mass is 10.0. The molecule has 0 spiro atoms. The Bertz CT molecular complexity index is 509. The average Bonchev–Trinajstić information content (AvgIpc) is 2.55. The molecule has 1 rings (SSSR count). The monoisotopic (exact) mass is 314 g/mol. The van der Waals surface area contributed by atoms with E-state index in [4.69, 9.17) is 28.4 Å². The zero-order chi connectivity index (χ0) is 16.8. The van der Waals surface area contributed by atoms with Gasteiger partial charge < -0.3 is 28.4 Å². The molecule has 0 aliphatic rings. The maximum absolute atomic E-state index is 12.4. The molecule has 124 valence electrons. The van der Waals surface area contributed by atoms with Crippen LogP contribution >= 0.6 is 0 Å². The van der Waals surface area contributed by atoms with E-state index in [1.165, 1.54) is 35.5 Å². The van der Waals surface area contributed by atoms with Crippen molar-refractivity contribution in [3.63, 3.8) is 0 Å². The van der Waals surface area contributed by atoms with E-state index in [0.717, 1.165) is 0 Å². The number of ether oxygens (including phenoxy) is 6. The second-order valence-electron chi connectivity index (χ2n) is 4.13. The molecule has 0 radical (unpaired) electrons. The highest BCUT2D eigenvalue weighted by Gasteiger charge is 2.46. The lowest BCUT2D eigenvalue weighted by Crippen LogP contribution is -2.41. The lowest BCUT2D eigenvalue weighted by Gasteiger charge is -2.30. The molecule has 0 fully saturated rings. The minimum atomic E-state index is -1.76. The Hall–Kier alpha value is -1.99. The van der Waals surface area contributed by atoms with E-state index in [2.05, 4.69) is 0 Å². The van der Waals surface area contributed by atoms with E-state index in [-0.39, 0.29) is 12.4 Å². The van der Waals surface area contributed by atoms with E-state index in [1.54, 1.807) is 19.1 Å². The number of methoxy groups -OCH3 is 5. The number of benzene rings is 1. The maximum Gasteiger partial charge on any atom is 0.372 e. The highest BCUT2D eigenvalue weighted by Crippen LogP contribution is 2.45. The van der Waals surface area contributed by atoms with Crippen LogP contribution in [0.2, 0.25) is 0 Å². The van der Waals surface area contributed by atoms with Crippen molar-refractivity contribution in [2.45, 2.75) is 12.7 Å². The second-order valence-corrected chi connectivity index (χ2v) is 4.13. The van der Waals surface area contributed by atoms with Gasteiger partial charge in [0.15, 0.2) is 11.5 Å². The Kier molecular flexibility index (Phi) is 6.45. The summed E-state index contributed by atoms with van der Waals surface area (Å²) in [5.41, 5.74) is 0.316. The molecule has 0 unspecified atom stereocenters. The average molecular weight is 314 g/mol. The zero-order valence-electron chi connectivity index (χ0n) is 13.7. The normalized spacial score (nSPS) is 11.0. The lowest BCUT2D eigenvalue weighted by molar-refractivity contribution is -0.236. The van der Waals surface area contributed by atoms with Gasteiger partial charge in [-0.25, -0.2) is 4.79 Å². The number of hydrogen-bond acceptors (Lipinski definition) is 7. The van der Waals surface area contributed by atoms with Crippen molar-refractivity contribution < 1.29 is 33.2 Å². The van der Waals surface area contributed by atoms with Crippen LogP contribution in [0.5, 0.6) is 17.2 Å². The summed E-state index contributed by atoms with van der Waals surface area (Å²) in [4.78, 5) is 12.4. The fourth-order valence-electron chi connectivity index (χ4n) is 2.17. The van der Waals surface area contributed by atoms with E-state index in [1.807, 2.05) is 0 Å². The summed E-state index contributed by atoms with van der Waals surface area (Å²) in [6.45, 7) is 1.88. The van der Waals surface area contributed by atoms with Gasteiger partial charge >= 0.3 is 5.97 Å². The van der Waals surface area contributed by atoms with Gasteiger partial charge in [-0.2, -0.15) is 0 Å². The number of carbonyl (C=O) groups excluding carboxylic acids is 1. The predicted molar refractivity (Wildman–Crippen MR) is 78.4 cm³/mol. The van der Waals surface area contributed by atoms with Crippen molar-refractivity contribution in [2.75, 3.05) is 42.2 Å². The highest BCUT2D eigenvalue weighted by molar-refractivity contribution is 5.82. The SMILES string of the molecule is CCOC(=O)C(OC)(OC)c1ccc(OC)c(OC)c1OC. The molecule has 0 aliphatic heterocycles. The highest BCUT2D eigenvalue weighted by atomic mass is 16.7. The number of rotatable bonds is 8. The van der Waals surface area contributed by atoms with Crippen molar-refractivity contribution in [3.8, 4) is 17.2 Å². The van der Waals surface area contributed by atoms with Crippen LogP contribution in [0.1, 0.15) is 12.5 Å². The molecule has 0 atom stereocenters. The van der Waals surface area contributed by atoms with Crippen LogP contribution in [0.4, 0.5) is 0 Å². The summed E-state index contributed by atoms with van der Waals surface area (Å²) in [6, 6.07) is 3.23. The molecule has 0 saturated heterocycles. The van der Waals surface area contributed by atoms with Crippen molar-refractivity contribution >= 4 is 5.97 Å². The minimum absolute atomic E-state index is 0.183. The summed E-state index contributed by atoms with van der Waals surface area (Å²) in [6.07, 6.45) is 0. The Morgan fingerprint density at radius 3 is 1.95 bits per heavy atom. The molecular formula is C15H22O7. The topological polar surface area (TPSA) is 72.5 Å². The first-order chi connectivity index (χ1) is 10.6. The summed E-state index contributed by atoms with van der Waals surface area (Å²) in [7, 11) is 7.10. The molecule has 0 amide bonds. The minimum Gasteiger partial charge on any atom is -0.493 e. The fourth-order valence-corrected chi connectivity index (χ4v) is 2.17. The third-order valence-electron chi connectivity index (χ3n) is 3.18. The number of carbonyl (C=O) groups is 1. The van der Waals surface area contributed by atoms with Crippen LogP contribution in [0, 0.1) is 0 Å². The third-order valence-corrected chi connectivity index (χ3v) is 3.18. The molecule has 0 aliphatic carbocycles.